The Labute approximate surface area is 82.1 Å². The second kappa shape index (κ2) is 5.11. The van der Waals surface area contributed by atoms with Crippen molar-refractivity contribution in [2.45, 2.75) is 40.0 Å². The lowest BCUT2D eigenvalue weighted by atomic mass is 10.2. The molecule has 1 rings (SSSR count). The van der Waals surface area contributed by atoms with Gasteiger partial charge in [-0.1, -0.05) is 18.6 Å². The highest BCUT2D eigenvalue weighted by molar-refractivity contribution is 5.15. The van der Waals surface area contributed by atoms with E-state index in [0.717, 1.165) is 6.42 Å². The Morgan fingerprint density at radius 1 is 1.15 bits per heavy atom. The van der Waals surface area contributed by atoms with E-state index in [1.54, 1.807) is 0 Å². The van der Waals surface area contributed by atoms with Crippen LogP contribution in [0, 0.1) is 0 Å². The van der Waals surface area contributed by atoms with Crippen LogP contribution >= 0.6 is 0 Å². The molecule has 0 aromatic heterocycles. The lowest BCUT2D eigenvalue weighted by Gasteiger charge is -2.19. The molecule has 0 unspecified atom stereocenters. The summed E-state index contributed by atoms with van der Waals surface area (Å²) in [7, 11) is 0. The van der Waals surface area contributed by atoms with Crippen LogP contribution in [0.25, 0.3) is 0 Å². The van der Waals surface area contributed by atoms with Crippen molar-refractivity contribution in [3.8, 4) is 0 Å². The summed E-state index contributed by atoms with van der Waals surface area (Å²) >= 11 is 0. The summed E-state index contributed by atoms with van der Waals surface area (Å²) in [4.78, 5) is 2.51. The molecule has 1 nitrogen and oxygen atoms in total. The van der Waals surface area contributed by atoms with Gasteiger partial charge in [0.25, 0.3) is 0 Å². The molecule has 1 fully saturated rings. The normalized spacial score (nSPS) is 17.8. The zero-order chi connectivity index (χ0) is 9.68. The standard InChI is InChI=1S/C12H21N/c1-4-12(8-7-11(2)3)13-9-5-6-10-13/h7-8H,4-6,9-10H2,1-3H3/b12-8+. The molecule has 0 amide bonds. The molecule has 0 saturated carbocycles. The first-order chi connectivity index (χ1) is 6.24. The quantitative estimate of drug-likeness (QED) is 0.601. The minimum atomic E-state index is 1.16. The van der Waals surface area contributed by atoms with Gasteiger partial charge in [-0.15, -0.1) is 0 Å². The number of hydrogen-bond donors (Lipinski definition) is 0. The lowest BCUT2D eigenvalue weighted by molar-refractivity contribution is 0.413. The van der Waals surface area contributed by atoms with Gasteiger partial charge >= 0.3 is 0 Å². The van der Waals surface area contributed by atoms with Crippen LogP contribution in [0.15, 0.2) is 23.4 Å². The molecule has 74 valence electrons. The summed E-state index contributed by atoms with van der Waals surface area (Å²) in [6, 6.07) is 0. The predicted octanol–water partition coefficient (Wildman–Crippen LogP) is 3.34. The Bertz CT molecular complexity index is 203. The number of allylic oxidation sites excluding steroid dienone is 4. The minimum absolute atomic E-state index is 1.16. The molecule has 0 N–H and O–H groups in total. The Morgan fingerprint density at radius 2 is 1.77 bits per heavy atom. The second-order valence-corrected chi connectivity index (χ2v) is 3.95. The van der Waals surface area contributed by atoms with Gasteiger partial charge in [0.2, 0.25) is 0 Å². The molecule has 1 heteroatoms. The highest BCUT2D eigenvalue weighted by Gasteiger charge is 2.12. The zero-order valence-corrected chi connectivity index (χ0v) is 9.14. The van der Waals surface area contributed by atoms with E-state index in [4.69, 9.17) is 0 Å². The van der Waals surface area contributed by atoms with Crippen molar-refractivity contribution in [3.05, 3.63) is 23.4 Å². The maximum absolute atomic E-state index is 2.51. The van der Waals surface area contributed by atoms with Gasteiger partial charge < -0.3 is 4.90 Å². The van der Waals surface area contributed by atoms with Gasteiger partial charge in [-0.05, 0) is 39.2 Å². The zero-order valence-electron chi connectivity index (χ0n) is 9.14. The molecule has 1 aliphatic rings. The summed E-state index contributed by atoms with van der Waals surface area (Å²) in [5, 5.41) is 0. The van der Waals surface area contributed by atoms with Crippen molar-refractivity contribution in [3.63, 3.8) is 0 Å². The van der Waals surface area contributed by atoms with E-state index in [1.807, 2.05) is 0 Å². The molecule has 13 heavy (non-hydrogen) atoms. The third-order valence-electron chi connectivity index (χ3n) is 2.48. The molecule has 0 radical (unpaired) electrons. The number of hydrogen-bond acceptors (Lipinski definition) is 1. The molecule has 0 atom stereocenters. The van der Waals surface area contributed by atoms with Gasteiger partial charge in [-0.25, -0.2) is 0 Å². The van der Waals surface area contributed by atoms with Gasteiger partial charge in [0.05, 0.1) is 0 Å². The maximum atomic E-state index is 2.51. The fourth-order valence-electron chi connectivity index (χ4n) is 1.71. The third-order valence-corrected chi connectivity index (χ3v) is 2.48. The number of rotatable bonds is 3. The molecule has 1 saturated heterocycles. The minimum Gasteiger partial charge on any atom is -0.375 e. The van der Waals surface area contributed by atoms with Gasteiger partial charge in [-0.2, -0.15) is 0 Å². The predicted molar refractivity (Wildman–Crippen MR) is 58.6 cm³/mol. The molecule has 0 spiro atoms. The first-order valence-corrected chi connectivity index (χ1v) is 5.33. The van der Waals surface area contributed by atoms with Gasteiger partial charge in [0.1, 0.15) is 0 Å². The summed E-state index contributed by atoms with van der Waals surface area (Å²) in [6.45, 7) is 9.05. The highest BCUT2D eigenvalue weighted by atomic mass is 15.1. The van der Waals surface area contributed by atoms with E-state index in [2.05, 4.69) is 37.8 Å². The smallest absolute Gasteiger partial charge is 0.0175 e. The summed E-state index contributed by atoms with van der Waals surface area (Å²) in [5.74, 6) is 0. The number of likely N-dealkylation sites (tertiary alicyclic amines) is 1. The van der Waals surface area contributed by atoms with Crippen LogP contribution in [0.1, 0.15) is 40.0 Å². The van der Waals surface area contributed by atoms with Crippen LogP contribution in [0.5, 0.6) is 0 Å². The van der Waals surface area contributed by atoms with Gasteiger partial charge in [0.15, 0.2) is 0 Å². The maximum Gasteiger partial charge on any atom is 0.0175 e. The summed E-state index contributed by atoms with van der Waals surface area (Å²) < 4.78 is 0. The SMILES string of the molecule is CC/C(=C\C=C(C)C)N1CCCC1. The molecule has 0 aliphatic carbocycles. The molecule has 0 aromatic rings. The fraction of sp³-hybridized carbons (Fsp3) is 0.667. The van der Waals surface area contributed by atoms with E-state index in [1.165, 1.54) is 37.2 Å². The van der Waals surface area contributed by atoms with Crippen molar-refractivity contribution in [1.29, 1.82) is 0 Å². The lowest BCUT2D eigenvalue weighted by Crippen LogP contribution is -2.17. The largest absolute Gasteiger partial charge is 0.375 e. The Hall–Kier alpha value is -0.720. The average molecular weight is 179 g/mol. The average Bonchev–Trinajstić information content (AvgIpc) is 2.58. The molecule has 1 heterocycles. The summed E-state index contributed by atoms with van der Waals surface area (Å²) in [6.07, 6.45) is 8.39. The topological polar surface area (TPSA) is 3.24 Å². The molecular weight excluding hydrogens is 158 g/mol. The summed E-state index contributed by atoms with van der Waals surface area (Å²) in [5.41, 5.74) is 2.88. The fourth-order valence-corrected chi connectivity index (χ4v) is 1.71. The Morgan fingerprint density at radius 3 is 2.23 bits per heavy atom. The van der Waals surface area contributed by atoms with E-state index >= 15 is 0 Å². The van der Waals surface area contributed by atoms with E-state index in [-0.39, 0.29) is 0 Å². The molecule has 0 bridgehead atoms. The van der Waals surface area contributed by atoms with Crippen LogP contribution in [0.3, 0.4) is 0 Å². The van der Waals surface area contributed by atoms with Gasteiger partial charge in [-0.3, -0.25) is 0 Å². The Kier molecular flexibility index (Phi) is 4.07. The first-order valence-electron chi connectivity index (χ1n) is 5.33. The third kappa shape index (κ3) is 3.25. The molecule has 1 aliphatic heterocycles. The van der Waals surface area contributed by atoms with Crippen molar-refractivity contribution in [2.24, 2.45) is 0 Å². The van der Waals surface area contributed by atoms with Gasteiger partial charge in [0, 0.05) is 18.8 Å². The molecule has 0 aromatic carbocycles. The number of nitrogens with zero attached hydrogens (tertiary/aromatic N) is 1. The van der Waals surface area contributed by atoms with Crippen molar-refractivity contribution >= 4 is 0 Å². The molecular formula is C12H21N. The van der Waals surface area contributed by atoms with E-state index in [9.17, 15) is 0 Å². The van der Waals surface area contributed by atoms with Crippen LogP contribution in [0.2, 0.25) is 0 Å². The van der Waals surface area contributed by atoms with Crippen molar-refractivity contribution in [2.75, 3.05) is 13.1 Å². The van der Waals surface area contributed by atoms with Crippen LogP contribution in [-0.2, 0) is 0 Å². The van der Waals surface area contributed by atoms with Crippen LogP contribution in [0.4, 0.5) is 0 Å². The Balaban J connectivity index is 2.60. The van der Waals surface area contributed by atoms with Crippen LogP contribution in [-0.4, -0.2) is 18.0 Å². The monoisotopic (exact) mass is 179 g/mol. The second-order valence-electron chi connectivity index (χ2n) is 3.95. The van der Waals surface area contributed by atoms with E-state index in [0.29, 0.717) is 0 Å². The van der Waals surface area contributed by atoms with Crippen molar-refractivity contribution in [1.82, 2.24) is 4.90 Å². The van der Waals surface area contributed by atoms with E-state index < -0.39 is 0 Å². The highest BCUT2D eigenvalue weighted by Crippen LogP contribution is 2.17. The first kappa shape index (κ1) is 10.4. The van der Waals surface area contributed by atoms with Crippen molar-refractivity contribution < 1.29 is 0 Å². The van der Waals surface area contributed by atoms with Crippen LogP contribution < -0.4 is 0 Å².